The number of nitrogens with two attached hydrogens (primary N) is 1. The SMILES string of the molecule is Cl.N[C@H]1CCN(Cc2cn[nH]c2-c2ccc(C(F)(F)F)cc2)C1. The second-order valence-electron chi connectivity index (χ2n) is 5.63. The van der Waals surface area contributed by atoms with E-state index in [1.165, 1.54) is 12.1 Å². The van der Waals surface area contributed by atoms with Gasteiger partial charge < -0.3 is 5.73 Å². The molecule has 0 spiro atoms. The van der Waals surface area contributed by atoms with E-state index in [-0.39, 0.29) is 18.4 Å². The molecule has 4 nitrogen and oxygen atoms in total. The van der Waals surface area contributed by atoms with E-state index in [4.69, 9.17) is 5.73 Å². The van der Waals surface area contributed by atoms with E-state index in [9.17, 15) is 13.2 Å². The molecular weight excluding hydrogens is 329 g/mol. The highest BCUT2D eigenvalue weighted by Gasteiger charge is 2.30. The van der Waals surface area contributed by atoms with Crippen molar-refractivity contribution in [3.8, 4) is 11.3 Å². The predicted octanol–water partition coefficient (Wildman–Crippen LogP) is 3.05. The minimum atomic E-state index is -4.32. The Morgan fingerprint density at radius 1 is 1.26 bits per heavy atom. The van der Waals surface area contributed by atoms with Crippen molar-refractivity contribution in [3.05, 3.63) is 41.6 Å². The van der Waals surface area contributed by atoms with Gasteiger partial charge in [0, 0.05) is 31.2 Å². The molecule has 8 heteroatoms. The summed E-state index contributed by atoms with van der Waals surface area (Å²) in [7, 11) is 0. The molecule has 0 unspecified atom stereocenters. The third-order valence-electron chi connectivity index (χ3n) is 3.92. The van der Waals surface area contributed by atoms with E-state index in [1.807, 2.05) is 0 Å². The van der Waals surface area contributed by atoms with Crippen LogP contribution in [-0.4, -0.2) is 34.2 Å². The maximum absolute atomic E-state index is 12.6. The molecule has 3 N–H and O–H groups in total. The van der Waals surface area contributed by atoms with Gasteiger partial charge in [0.05, 0.1) is 17.5 Å². The maximum Gasteiger partial charge on any atom is 0.416 e. The third kappa shape index (κ3) is 4.04. The number of likely N-dealkylation sites (tertiary alicyclic amines) is 1. The molecule has 0 bridgehead atoms. The topological polar surface area (TPSA) is 57.9 Å². The molecule has 23 heavy (non-hydrogen) atoms. The van der Waals surface area contributed by atoms with E-state index in [2.05, 4.69) is 15.1 Å². The summed E-state index contributed by atoms with van der Waals surface area (Å²) in [5, 5.41) is 6.90. The fourth-order valence-electron chi connectivity index (χ4n) is 2.75. The Hall–Kier alpha value is -1.57. The molecule has 2 heterocycles. The zero-order chi connectivity index (χ0) is 15.7. The molecular formula is C15H18ClF3N4. The van der Waals surface area contributed by atoms with Crippen LogP contribution in [0.4, 0.5) is 13.2 Å². The molecule has 1 aromatic carbocycles. The Kier molecular flexibility index (Phi) is 5.33. The number of alkyl halides is 3. The molecule has 1 aliphatic rings. The number of rotatable bonds is 3. The number of aromatic nitrogens is 2. The van der Waals surface area contributed by atoms with Crippen LogP contribution in [0, 0.1) is 0 Å². The zero-order valence-corrected chi connectivity index (χ0v) is 13.1. The van der Waals surface area contributed by atoms with Crippen molar-refractivity contribution in [1.29, 1.82) is 0 Å². The lowest BCUT2D eigenvalue weighted by Gasteiger charge is -2.15. The fraction of sp³-hybridized carbons (Fsp3) is 0.400. The molecule has 0 saturated carbocycles. The average molecular weight is 347 g/mol. The molecule has 0 radical (unpaired) electrons. The van der Waals surface area contributed by atoms with Crippen LogP contribution in [0.5, 0.6) is 0 Å². The lowest BCUT2D eigenvalue weighted by molar-refractivity contribution is -0.137. The second-order valence-corrected chi connectivity index (χ2v) is 5.63. The lowest BCUT2D eigenvalue weighted by Crippen LogP contribution is -2.26. The average Bonchev–Trinajstić information content (AvgIpc) is 3.08. The molecule has 3 rings (SSSR count). The molecule has 1 saturated heterocycles. The van der Waals surface area contributed by atoms with Crippen molar-refractivity contribution >= 4 is 12.4 Å². The Labute approximate surface area is 138 Å². The maximum atomic E-state index is 12.6. The van der Waals surface area contributed by atoms with Crippen LogP contribution in [0.2, 0.25) is 0 Å². The molecule has 1 aromatic heterocycles. The third-order valence-corrected chi connectivity index (χ3v) is 3.92. The normalized spacial score (nSPS) is 18.9. The first-order valence-electron chi connectivity index (χ1n) is 7.11. The van der Waals surface area contributed by atoms with Crippen molar-refractivity contribution in [1.82, 2.24) is 15.1 Å². The van der Waals surface area contributed by atoms with Crippen LogP contribution in [0.25, 0.3) is 11.3 Å². The molecule has 1 aliphatic heterocycles. The van der Waals surface area contributed by atoms with Gasteiger partial charge in [-0.05, 0) is 24.1 Å². The molecule has 0 aliphatic carbocycles. The monoisotopic (exact) mass is 346 g/mol. The minimum absolute atomic E-state index is 0. The van der Waals surface area contributed by atoms with Crippen LogP contribution in [0.1, 0.15) is 17.5 Å². The summed E-state index contributed by atoms with van der Waals surface area (Å²) < 4.78 is 37.8. The van der Waals surface area contributed by atoms with Crippen LogP contribution in [0.3, 0.4) is 0 Å². The first-order valence-corrected chi connectivity index (χ1v) is 7.11. The standard InChI is InChI=1S/C15H17F3N4.ClH/c16-15(17,18)12-3-1-10(2-4-12)14-11(7-20-21-14)8-22-6-5-13(19)9-22;/h1-4,7,13H,5-6,8-9,19H2,(H,20,21);1H/t13-;/m0./s1. The number of aromatic amines is 1. The van der Waals surface area contributed by atoms with Crippen LogP contribution in [-0.2, 0) is 12.7 Å². The summed E-state index contributed by atoms with van der Waals surface area (Å²) in [6.07, 6.45) is -1.63. The fourth-order valence-corrected chi connectivity index (χ4v) is 2.75. The van der Waals surface area contributed by atoms with E-state index < -0.39 is 11.7 Å². The highest BCUT2D eigenvalue weighted by atomic mass is 35.5. The predicted molar refractivity (Wildman–Crippen MR) is 84.1 cm³/mol. The highest BCUT2D eigenvalue weighted by molar-refractivity contribution is 5.85. The van der Waals surface area contributed by atoms with Gasteiger partial charge in [0.15, 0.2) is 0 Å². The van der Waals surface area contributed by atoms with Gasteiger partial charge in [-0.15, -0.1) is 12.4 Å². The Balaban J connectivity index is 0.00000192. The quantitative estimate of drug-likeness (QED) is 0.898. The number of hydrogen-bond acceptors (Lipinski definition) is 3. The summed E-state index contributed by atoms with van der Waals surface area (Å²) in [5.74, 6) is 0. The van der Waals surface area contributed by atoms with Crippen molar-refractivity contribution in [2.24, 2.45) is 5.73 Å². The number of nitrogens with one attached hydrogen (secondary N) is 1. The summed E-state index contributed by atoms with van der Waals surface area (Å²) >= 11 is 0. The van der Waals surface area contributed by atoms with Crippen LogP contribution < -0.4 is 5.73 Å². The van der Waals surface area contributed by atoms with Crippen LogP contribution >= 0.6 is 12.4 Å². The van der Waals surface area contributed by atoms with Crippen LogP contribution in [0.15, 0.2) is 30.5 Å². The van der Waals surface area contributed by atoms with Crippen molar-refractivity contribution < 1.29 is 13.2 Å². The van der Waals surface area contributed by atoms with Gasteiger partial charge in [0.2, 0.25) is 0 Å². The minimum Gasteiger partial charge on any atom is -0.326 e. The second kappa shape index (κ2) is 6.90. The molecule has 1 atom stereocenters. The summed E-state index contributed by atoms with van der Waals surface area (Å²) in [4.78, 5) is 2.23. The Morgan fingerprint density at radius 3 is 2.52 bits per heavy atom. The number of hydrogen-bond donors (Lipinski definition) is 2. The Morgan fingerprint density at radius 2 is 1.96 bits per heavy atom. The van der Waals surface area contributed by atoms with E-state index in [0.717, 1.165) is 42.9 Å². The number of H-pyrrole nitrogens is 1. The first-order chi connectivity index (χ1) is 10.4. The summed E-state index contributed by atoms with van der Waals surface area (Å²) in [6, 6.07) is 5.31. The van der Waals surface area contributed by atoms with Crippen molar-refractivity contribution in [2.45, 2.75) is 25.2 Å². The van der Waals surface area contributed by atoms with Gasteiger partial charge in [-0.25, -0.2) is 0 Å². The van der Waals surface area contributed by atoms with Gasteiger partial charge in [-0.2, -0.15) is 18.3 Å². The largest absolute Gasteiger partial charge is 0.416 e. The zero-order valence-electron chi connectivity index (χ0n) is 12.3. The van der Waals surface area contributed by atoms with E-state index in [1.54, 1.807) is 6.20 Å². The molecule has 2 aromatic rings. The number of benzene rings is 1. The van der Waals surface area contributed by atoms with Gasteiger partial charge in [0.25, 0.3) is 0 Å². The molecule has 1 fully saturated rings. The van der Waals surface area contributed by atoms with Crippen molar-refractivity contribution in [2.75, 3.05) is 13.1 Å². The van der Waals surface area contributed by atoms with Gasteiger partial charge in [0.1, 0.15) is 0 Å². The Bertz CT molecular complexity index is 639. The lowest BCUT2D eigenvalue weighted by atomic mass is 10.1. The van der Waals surface area contributed by atoms with Gasteiger partial charge in [-0.3, -0.25) is 10.00 Å². The summed E-state index contributed by atoms with van der Waals surface area (Å²) in [5.41, 5.74) is 7.66. The van der Waals surface area contributed by atoms with E-state index in [0.29, 0.717) is 12.1 Å². The van der Waals surface area contributed by atoms with E-state index >= 15 is 0 Å². The number of nitrogens with zero attached hydrogens (tertiary/aromatic N) is 2. The molecule has 126 valence electrons. The summed E-state index contributed by atoms with van der Waals surface area (Å²) in [6.45, 7) is 2.46. The van der Waals surface area contributed by atoms with Gasteiger partial charge in [-0.1, -0.05) is 12.1 Å². The molecule has 0 amide bonds. The number of halogens is 4. The first kappa shape index (κ1) is 17.8. The van der Waals surface area contributed by atoms with Crippen molar-refractivity contribution in [3.63, 3.8) is 0 Å². The smallest absolute Gasteiger partial charge is 0.326 e. The van der Waals surface area contributed by atoms with Gasteiger partial charge >= 0.3 is 6.18 Å². The highest BCUT2D eigenvalue weighted by Crippen LogP contribution is 2.31.